The lowest BCUT2D eigenvalue weighted by molar-refractivity contribution is 0.230. The molecule has 0 unspecified atom stereocenters. The van der Waals surface area contributed by atoms with E-state index in [1.165, 1.54) is 0 Å². The molecule has 0 aromatic rings. The average molecular weight is 327 g/mol. The fraction of sp³-hybridized carbons (Fsp3) is 0.667. The summed E-state index contributed by atoms with van der Waals surface area (Å²) in [6.45, 7) is 33.2. The highest BCUT2D eigenvalue weighted by Gasteiger charge is 2.57. The van der Waals surface area contributed by atoms with E-state index in [4.69, 9.17) is 0 Å². The van der Waals surface area contributed by atoms with Crippen molar-refractivity contribution >= 4 is 20.9 Å². The van der Waals surface area contributed by atoms with Gasteiger partial charge in [0.1, 0.15) is 0 Å². The smallest absolute Gasteiger partial charge is 0.318 e. The Hall–Kier alpha value is -0.705. The van der Waals surface area contributed by atoms with E-state index in [9.17, 15) is 0 Å². The summed E-state index contributed by atoms with van der Waals surface area (Å²) >= 11 is 0. The zero-order valence-electron chi connectivity index (χ0n) is 17.4. The van der Waals surface area contributed by atoms with E-state index >= 15 is 0 Å². The van der Waals surface area contributed by atoms with E-state index in [1.54, 1.807) is 0 Å². The van der Waals surface area contributed by atoms with E-state index in [-0.39, 0.29) is 37.6 Å². The largest absolute Gasteiger partial charge is 0.345 e. The molecule has 1 rings (SSSR count). The number of rotatable bonds is 3. The summed E-state index contributed by atoms with van der Waals surface area (Å²) in [6, 6.07) is 0. The molecule has 0 aromatic carbocycles. The van der Waals surface area contributed by atoms with Crippen LogP contribution in [0, 0.1) is 0 Å². The van der Waals surface area contributed by atoms with Crippen LogP contribution in [-0.4, -0.2) is 51.7 Å². The Labute approximate surface area is 152 Å². The van der Waals surface area contributed by atoms with Gasteiger partial charge in [0, 0.05) is 0 Å². The topological polar surface area (TPSA) is 9.72 Å². The van der Waals surface area contributed by atoms with E-state index in [1.807, 2.05) is 0 Å². The first-order valence-electron chi connectivity index (χ1n) is 8.94. The first kappa shape index (κ1) is 21.3. The Kier molecular flexibility index (Phi) is 6.13. The molecule has 1 fully saturated rings. The van der Waals surface area contributed by atoms with Gasteiger partial charge in [0.05, 0.1) is 0 Å². The lowest BCUT2D eigenvalue weighted by Crippen LogP contribution is -2.84. The molecule has 1 heterocycles. The van der Waals surface area contributed by atoms with E-state index < -0.39 is 0 Å². The number of hydrogen-bond donors (Lipinski definition) is 0. The van der Waals surface area contributed by atoms with Gasteiger partial charge in [-0.05, 0) is 78.9 Å². The fourth-order valence-corrected chi connectivity index (χ4v) is 3.93. The molecule has 24 heavy (non-hydrogen) atoms. The van der Waals surface area contributed by atoms with Crippen molar-refractivity contribution in [2.75, 3.05) is 0 Å². The third-order valence-corrected chi connectivity index (χ3v) is 4.67. The summed E-state index contributed by atoms with van der Waals surface area (Å²) in [6.07, 6.45) is 0. The molecule has 0 bridgehead atoms. The SMILES string of the molecule is C=CB1N(C(C)(C)C)B(C=C)N(C(C)(C)C)B(C=C)N1C(C)(C)C. The van der Waals surface area contributed by atoms with Crippen molar-refractivity contribution in [3.8, 4) is 0 Å². The van der Waals surface area contributed by atoms with Crippen molar-refractivity contribution < 1.29 is 0 Å². The quantitative estimate of drug-likeness (QED) is 0.727. The van der Waals surface area contributed by atoms with Gasteiger partial charge in [-0.1, -0.05) is 17.9 Å². The second-order valence-electron chi connectivity index (χ2n) is 9.68. The van der Waals surface area contributed by atoms with E-state index in [0.717, 1.165) is 0 Å². The number of hydrogen-bond acceptors (Lipinski definition) is 3. The molecule has 1 aliphatic heterocycles. The molecule has 0 atom stereocenters. The third-order valence-electron chi connectivity index (χ3n) is 4.67. The summed E-state index contributed by atoms with van der Waals surface area (Å²) in [5.41, 5.74) is -0.0927. The zero-order valence-corrected chi connectivity index (χ0v) is 17.4. The van der Waals surface area contributed by atoms with Gasteiger partial charge in [-0.25, -0.2) is 0 Å². The van der Waals surface area contributed by atoms with Crippen LogP contribution in [0.4, 0.5) is 0 Å². The Morgan fingerprint density at radius 2 is 0.667 bits per heavy atom. The standard InChI is InChI=1S/C18H36B3N3/c1-13-19-22(16(4,5)6)20(14-2)24(18(10,11)12)21(15-3)23(19)17(7,8)9/h13-15H,1-3H2,4-12H3. The molecule has 1 aliphatic rings. The lowest BCUT2D eigenvalue weighted by Gasteiger charge is -2.62. The van der Waals surface area contributed by atoms with Crippen LogP contribution in [0.25, 0.3) is 0 Å². The van der Waals surface area contributed by atoms with Gasteiger partial charge in [-0.2, -0.15) is 0 Å². The molecule has 0 aliphatic carbocycles. The fourth-order valence-electron chi connectivity index (χ4n) is 3.93. The van der Waals surface area contributed by atoms with Crippen molar-refractivity contribution in [1.82, 2.24) is 14.2 Å². The Balaban J connectivity index is 3.70. The van der Waals surface area contributed by atoms with Gasteiger partial charge in [-0.15, -0.1) is 19.7 Å². The second-order valence-corrected chi connectivity index (χ2v) is 9.68. The van der Waals surface area contributed by atoms with Crippen LogP contribution >= 0.6 is 0 Å². The van der Waals surface area contributed by atoms with Crippen LogP contribution in [0.2, 0.25) is 0 Å². The minimum Gasteiger partial charge on any atom is -0.345 e. The van der Waals surface area contributed by atoms with Gasteiger partial charge in [-0.3, -0.25) is 0 Å². The molecule has 0 amide bonds. The van der Waals surface area contributed by atoms with Crippen molar-refractivity contribution in [3.63, 3.8) is 0 Å². The number of nitrogens with zero attached hydrogens (tertiary/aromatic N) is 3. The predicted octanol–water partition coefficient (Wildman–Crippen LogP) is 3.94. The lowest BCUT2D eigenvalue weighted by atomic mass is 9.39. The van der Waals surface area contributed by atoms with Crippen LogP contribution < -0.4 is 0 Å². The van der Waals surface area contributed by atoms with Gasteiger partial charge in [0.25, 0.3) is 0 Å². The minimum absolute atomic E-state index is 0.0309. The maximum Gasteiger partial charge on any atom is 0.318 e. The van der Waals surface area contributed by atoms with E-state index in [2.05, 4.69) is 114 Å². The van der Waals surface area contributed by atoms with Crippen molar-refractivity contribution in [1.29, 1.82) is 0 Å². The van der Waals surface area contributed by atoms with Crippen LogP contribution in [0.5, 0.6) is 0 Å². The highest BCUT2D eigenvalue weighted by molar-refractivity contribution is 6.91. The summed E-state index contributed by atoms with van der Waals surface area (Å²) in [7, 11) is 0. The Morgan fingerprint density at radius 1 is 0.500 bits per heavy atom. The maximum atomic E-state index is 4.17. The Morgan fingerprint density at radius 3 is 0.750 bits per heavy atom. The first-order chi connectivity index (χ1) is 10.7. The molecular formula is C18H36B3N3. The predicted molar refractivity (Wildman–Crippen MR) is 113 cm³/mol. The van der Waals surface area contributed by atoms with E-state index in [0.29, 0.717) is 0 Å². The normalized spacial score (nSPS) is 19.6. The molecule has 3 nitrogen and oxygen atoms in total. The molecule has 1 saturated heterocycles. The van der Waals surface area contributed by atoms with Crippen molar-refractivity contribution in [2.24, 2.45) is 0 Å². The monoisotopic (exact) mass is 327 g/mol. The Bertz CT molecular complexity index is 402. The molecule has 132 valence electrons. The maximum absolute atomic E-state index is 4.17. The van der Waals surface area contributed by atoms with Crippen LogP contribution in [-0.2, 0) is 0 Å². The average Bonchev–Trinajstić information content (AvgIpc) is 2.40. The summed E-state index contributed by atoms with van der Waals surface area (Å²) in [5.74, 6) is 6.18. The van der Waals surface area contributed by atoms with Gasteiger partial charge < -0.3 is 14.2 Å². The first-order valence-corrected chi connectivity index (χ1v) is 8.94. The third kappa shape index (κ3) is 3.92. The van der Waals surface area contributed by atoms with Gasteiger partial charge >= 0.3 is 20.9 Å². The molecule has 0 N–H and O–H groups in total. The van der Waals surface area contributed by atoms with Crippen LogP contribution in [0.15, 0.2) is 37.7 Å². The highest BCUT2D eigenvalue weighted by atomic mass is 15.4. The molecule has 0 spiro atoms. The summed E-state index contributed by atoms with van der Waals surface area (Å²) < 4.78 is 7.51. The second kappa shape index (κ2) is 6.89. The van der Waals surface area contributed by atoms with Crippen molar-refractivity contribution in [3.05, 3.63) is 37.7 Å². The molecule has 0 aromatic heterocycles. The summed E-state index contributed by atoms with van der Waals surface area (Å²) in [5, 5.41) is 0. The highest BCUT2D eigenvalue weighted by Crippen LogP contribution is 2.36. The van der Waals surface area contributed by atoms with Gasteiger partial charge in [0.2, 0.25) is 0 Å². The molecule has 0 radical (unpaired) electrons. The minimum atomic E-state index is -0.0309. The van der Waals surface area contributed by atoms with Crippen molar-refractivity contribution in [2.45, 2.75) is 78.9 Å². The van der Waals surface area contributed by atoms with Gasteiger partial charge in [0.15, 0.2) is 0 Å². The van der Waals surface area contributed by atoms with Crippen LogP contribution in [0.3, 0.4) is 0 Å². The zero-order chi connectivity index (χ0) is 19.1. The molecule has 6 heteroatoms. The molecule has 0 saturated carbocycles. The van der Waals surface area contributed by atoms with Crippen LogP contribution in [0.1, 0.15) is 62.3 Å². The summed E-state index contributed by atoms with van der Waals surface area (Å²) in [4.78, 5) is 0. The molecular weight excluding hydrogens is 291 g/mol.